The summed E-state index contributed by atoms with van der Waals surface area (Å²) < 4.78 is 27.6. The molecule has 3 rings (SSSR count). The highest BCUT2D eigenvalue weighted by Crippen LogP contribution is 2.18. The lowest BCUT2D eigenvalue weighted by molar-refractivity contribution is 0.0949. The lowest BCUT2D eigenvalue weighted by atomic mass is 10.1. The average molecular weight is 341 g/mol. The van der Waals surface area contributed by atoms with Gasteiger partial charge in [0.15, 0.2) is 0 Å². The van der Waals surface area contributed by atoms with E-state index in [0.29, 0.717) is 29.2 Å². The van der Waals surface area contributed by atoms with Gasteiger partial charge < -0.3 is 5.32 Å². The second-order valence-electron chi connectivity index (χ2n) is 5.74. The molecular weight excluding hydrogens is 324 g/mol. The molecule has 0 unspecified atom stereocenters. The molecule has 3 aromatic rings. The Balaban J connectivity index is 1.81. The van der Waals surface area contributed by atoms with E-state index in [0.717, 1.165) is 5.56 Å². The predicted octanol–water partition coefficient (Wildman–Crippen LogP) is 3.70. The van der Waals surface area contributed by atoms with E-state index in [4.69, 9.17) is 0 Å². The van der Waals surface area contributed by atoms with Crippen LogP contribution in [0.4, 0.5) is 8.78 Å². The molecule has 128 valence electrons. The minimum Gasteiger partial charge on any atom is -0.348 e. The van der Waals surface area contributed by atoms with Crippen molar-refractivity contribution in [2.75, 3.05) is 0 Å². The molecule has 2 aromatic carbocycles. The maximum Gasteiger partial charge on any atom is 0.255 e. The van der Waals surface area contributed by atoms with Gasteiger partial charge in [-0.05, 0) is 55.8 Å². The van der Waals surface area contributed by atoms with Crippen molar-refractivity contribution in [2.45, 2.75) is 20.4 Å². The summed E-state index contributed by atoms with van der Waals surface area (Å²) in [5.74, 6) is -0.905. The topological polar surface area (TPSA) is 46.9 Å². The molecule has 0 spiro atoms. The zero-order chi connectivity index (χ0) is 18.0. The Morgan fingerprint density at radius 2 is 1.56 bits per heavy atom. The monoisotopic (exact) mass is 341 g/mol. The highest BCUT2D eigenvalue weighted by atomic mass is 19.1. The lowest BCUT2D eigenvalue weighted by Crippen LogP contribution is -2.24. The number of amides is 1. The first kappa shape index (κ1) is 16.8. The molecule has 0 bridgehead atoms. The summed E-state index contributed by atoms with van der Waals surface area (Å²) in [6.07, 6.45) is 0. The molecule has 0 atom stereocenters. The van der Waals surface area contributed by atoms with Crippen molar-refractivity contribution in [2.24, 2.45) is 0 Å². The van der Waals surface area contributed by atoms with Crippen LogP contribution in [0.3, 0.4) is 0 Å². The maximum atomic E-state index is 13.1. The van der Waals surface area contributed by atoms with E-state index in [-0.39, 0.29) is 17.5 Å². The van der Waals surface area contributed by atoms with E-state index in [1.807, 2.05) is 0 Å². The number of benzene rings is 2. The predicted molar refractivity (Wildman–Crippen MR) is 90.6 cm³/mol. The van der Waals surface area contributed by atoms with Gasteiger partial charge in [-0.1, -0.05) is 12.1 Å². The van der Waals surface area contributed by atoms with Crippen molar-refractivity contribution < 1.29 is 13.6 Å². The van der Waals surface area contributed by atoms with Gasteiger partial charge in [0.25, 0.3) is 5.91 Å². The van der Waals surface area contributed by atoms with Crippen molar-refractivity contribution in [1.29, 1.82) is 0 Å². The highest BCUT2D eigenvalue weighted by Gasteiger charge is 2.19. The minimum atomic E-state index is -0.331. The minimum absolute atomic E-state index is 0.257. The number of nitrogens with one attached hydrogen (secondary N) is 1. The Morgan fingerprint density at radius 1 is 1.00 bits per heavy atom. The molecule has 0 saturated carbocycles. The van der Waals surface area contributed by atoms with Crippen LogP contribution in [0.25, 0.3) is 5.69 Å². The number of aryl methyl sites for hydroxylation is 1. The van der Waals surface area contributed by atoms with Gasteiger partial charge in [-0.3, -0.25) is 4.79 Å². The van der Waals surface area contributed by atoms with Gasteiger partial charge in [0, 0.05) is 6.54 Å². The van der Waals surface area contributed by atoms with Crippen LogP contribution < -0.4 is 5.32 Å². The standard InChI is InChI=1S/C19H17F2N3O/c1-12-18(19(25)22-11-14-3-5-15(20)6-4-14)13(2)24(23-12)17-9-7-16(21)8-10-17/h3-10H,11H2,1-2H3,(H,22,25). The summed E-state index contributed by atoms with van der Waals surface area (Å²) in [4.78, 5) is 12.5. The molecule has 1 amide bonds. The Morgan fingerprint density at radius 3 is 2.16 bits per heavy atom. The van der Waals surface area contributed by atoms with E-state index in [2.05, 4.69) is 10.4 Å². The van der Waals surface area contributed by atoms with Crippen LogP contribution in [0.15, 0.2) is 48.5 Å². The Kier molecular flexibility index (Phi) is 4.61. The van der Waals surface area contributed by atoms with Crippen LogP contribution in [0.1, 0.15) is 27.3 Å². The number of hydrogen-bond donors (Lipinski definition) is 1. The second kappa shape index (κ2) is 6.84. The van der Waals surface area contributed by atoms with E-state index in [9.17, 15) is 13.6 Å². The number of carbonyl (C=O) groups excluding carboxylic acids is 1. The van der Waals surface area contributed by atoms with Crippen molar-refractivity contribution in [1.82, 2.24) is 15.1 Å². The summed E-state index contributed by atoms with van der Waals surface area (Å²) in [6.45, 7) is 3.83. The zero-order valence-corrected chi connectivity index (χ0v) is 13.9. The molecule has 1 N–H and O–H groups in total. The van der Waals surface area contributed by atoms with Crippen LogP contribution in [0.5, 0.6) is 0 Å². The average Bonchev–Trinajstić information content (AvgIpc) is 2.89. The molecule has 0 aliphatic carbocycles. The molecular formula is C19H17F2N3O. The number of hydrogen-bond acceptors (Lipinski definition) is 2. The van der Waals surface area contributed by atoms with E-state index in [1.165, 1.54) is 24.3 Å². The van der Waals surface area contributed by atoms with Gasteiger partial charge in [0.1, 0.15) is 11.6 Å². The first-order valence-electron chi connectivity index (χ1n) is 7.80. The fourth-order valence-electron chi connectivity index (χ4n) is 2.68. The zero-order valence-electron chi connectivity index (χ0n) is 13.9. The van der Waals surface area contributed by atoms with E-state index in [1.54, 1.807) is 42.8 Å². The quantitative estimate of drug-likeness (QED) is 0.787. The summed E-state index contributed by atoms with van der Waals surface area (Å²) in [5.41, 5.74) is 3.21. The smallest absolute Gasteiger partial charge is 0.255 e. The molecule has 0 aliphatic heterocycles. The van der Waals surface area contributed by atoms with Crippen molar-refractivity contribution in [3.63, 3.8) is 0 Å². The fourth-order valence-corrected chi connectivity index (χ4v) is 2.68. The van der Waals surface area contributed by atoms with Crippen molar-refractivity contribution in [3.05, 3.63) is 82.7 Å². The molecule has 25 heavy (non-hydrogen) atoms. The molecule has 0 aliphatic rings. The molecule has 0 fully saturated rings. The largest absolute Gasteiger partial charge is 0.348 e. The van der Waals surface area contributed by atoms with Crippen molar-refractivity contribution >= 4 is 5.91 Å². The van der Waals surface area contributed by atoms with Gasteiger partial charge in [0.05, 0.1) is 22.6 Å². The van der Waals surface area contributed by atoms with Crippen molar-refractivity contribution in [3.8, 4) is 5.69 Å². The Hall–Kier alpha value is -3.02. The Labute approximate surface area is 144 Å². The van der Waals surface area contributed by atoms with Gasteiger partial charge in [-0.15, -0.1) is 0 Å². The maximum absolute atomic E-state index is 13.1. The highest BCUT2D eigenvalue weighted by molar-refractivity contribution is 5.96. The normalized spacial score (nSPS) is 10.7. The van der Waals surface area contributed by atoms with E-state index >= 15 is 0 Å². The number of aromatic nitrogens is 2. The van der Waals surface area contributed by atoms with Crippen LogP contribution in [-0.4, -0.2) is 15.7 Å². The molecule has 0 radical (unpaired) electrons. The molecule has 0 saturated heterocycles. The summed E-state index contributed by atoms with van der Waals surface area (Å²) in [5, 5.41) is 7.20. The van der Waals surface area contributed by atoms with Gasteiger partial charge in [-0.2, -0.15) is 5.10 Å². The third kappa shape index (κ3) is 3.57. The summed E-state index contributed by atoms with van der Waals surface area (Å²) in [7, 11) is 0. The molecule has 1 heterocycles. The van der Waals surface area contributed by atoms with Gasteiger partial charge >= 0.3 is 0 Å². The molecule has 1 aromatic heterocycles. The number of rotatable bonds is 4. The van der Waals surface area contributed by atoms with Gasteiger partial charge in [0.2, 0.25) is 0 Å². The SMILES string of the molecule is Cc1nn(-c2ccc(F)cc2)c(C)c1C(=O)NCc1ccc(F)cc1. The fraction of sp³-hybridized carbons (Fsp3) is 0.158. The van der Waals surface area contributed by atoms with Gasteiger partial charge in [-0.25, -0.2) is 13.5 Å². The first-order chi connectivity index (χ1) is 12.0. The summed E-state index contributed by atoms with van der Waals surface area (Å²) >= 11 is 0. The number of nitrogens with zero attached hydrogens (tertiary/aromatic N) is 2. The third-order valence-corrected chi connectivity index (χ3v) is 3.96. The second-order valence-corrected chi connectivity index (χ2v) is 5.74. The molecule has 4 nitrogen and oxygen atoms in total. The molecule has 6 heteroatoms. The van der Waals surface area contributed by atoms with Crippen LogP contribution in [0.2, 0.25) is 0 Å². The number of carbonyl (C=O) groups is 1. The lowest BCUT2D eigenvalue weighted by Gasteiger charge is -2.07. The third-order valence-electron chi connectivity index (χ3n) is 3.96. The van der Waals surface area contributed by atoms with Crippen LogP contribution >= 0.6 is 0 Å². The Bertz CT molecular complexity index is 900. The van der Waals surface area contributed by atoms with Crippen LogP contribution in [0, 0.1) is 25.5 Å². The summed E-state index contributed by atoms with van der Waals surface area (Å²) in [6, 6.07) is 11.9. The van der Waals surface area contributed by atoms with E-state index < -0.39 is 0 Å². The number of halogens is 2. The first-order valence-corrected chi connectivity index (χ1v) is 7.80. The van der Waals surface area contributed by atoms with Crippen LogP contribution in [-0.2, 0) is 6.54 Å².